The molecule has 0 bridgehead atoms. The smallest absolute Gasteiger partial charge is 0.123 e. The first-order chi connectivity index (χ1) is 5.15. The summed E-state index contributed by atoms with van der Waals surface area (Å²) in [5.41, 5.74) is 0.867. The predicted molar refractivity (Wildman–Crippen MR) is 43.1 cm³/mol. The Balaban J connectivity index is 3.24. The van der Waals surface area contributed by atoms with Gasteiger partial charge in [0.25, 0.3) is 0 Å². The van der Waals surface area contributed by atoms with Crippen molar-refractivity contribution >= 4 is 13.3 Å². The Morgan fingerprint density at radius 2 is 2.09 bits per heavy atom. The Kier molecular flexibility index (Phi) is 2.18. The molecule has 0 atom stereocenters. The van der Waals surface area contributed by atoms with Gasteiger partial charge in [-0.15, -0.1) is 0 Å². The van der Waals surface area contributed by atoms with Gasteiger partial charge in [0.2, 0.25) is 0 Å². The van der Waals surface area contributed by atoms with Crippen LogP contribution in [-0.2, 0) is 0 Å². The van der Waals surface area contributed by atoms with E-state index in [0.29, 0.717) is 5.75 Å². The van der Waals surface area contributed by atoms with Crippen LogP contribution in [0.15, 0.2) is 12.1 Å². The SMILES string of the molecule is [B]c1c(F)cc(C)cc1OC. The fraction of sp³-hybridized carbons (Fsp3) is 0.250. The highest BCUT2D eigenvalue weighted by Crippen LogP contribution is 2.11. The van der Waals surface area contributed by atoms with E-state index in [0.717, 1.165) is 5.56 Å². The van der Waals surface area contributed by atoms with Crippen LogP contribution in [-0.4, -0.2) is 15.0 Å². The second kappa shape index (κ2) is 2.95. The first-order valence-electron chi connectivity index (χ1n) is 3.24. The summed E-state index contributed by atoms with van der Waals surface area (Å²) in [5, 5.41) is 0. The molecule has 0 saturated carbocycles. The number of rotatable bonds is 1. The lowest BCUT2D eigenvalue weighted by Crippen LogP contribution is -2.12. The Morgan fingerprint density at radius 3 is 2.64 bits per heavy atom. The summed E-state index contributed by atoms with van der Waals surface area (Å²) in [5.74, 6) is -0.0376. The minimum absolute atomic E-state index is 0.0677. The van der Waals surface area contributed by atoms with Crippen LogP contribution in [0.2, 0.25) is 0 Å². The van der Waals surface area contributed by atoms with Crippen molar-refractivity contribution in [2.24, 2.45) is 0 Å². The third-order valence-corrected chi connectivity index (χ3v) is 1.46. The fourth-order valence-corrected chi connectivity index (χ4v) is 0.890. The summed E-state index contributed by atoms with van der Waals surface area (Å²) >= 11 is 0. The van der Waals surface area contributed by atoms with E-state index in [9.17, 15) is 4.39 Å². The Morgan fingerprint density at radius 1 is 1.45 bits per heavy atom. The van der Waals surface area contributed by atoms with Crippen LogP contribution in [0.5, 0.6) is 5.75 Å². The first kappa shape index (κ1) is 8.11. The molecule has 0 unspecified atom stereocenters. The van der Waals surface area contributed by atoms with E-state index < -0.39 is 5.82 Å². The van der Waals surface area contributed by atoms with Crippen LogP contribution in [0.1, 0.15) is 5.56 Å². The van der Waals surface area contributed by atoms with Crippen LogP contribution >= 0.6 is 0 Å². The second-order valence-electron chi connectivity index (χ2n) is 2.36. The topological polar surface area (TPSA) is 9.23 Å². The molecule has 3 heteroatoms. The van der Waals surface area contributed by atoms with Crippen molar-refractivity contribution in [3.05, 3.63) is 23.5 Å². The average Bonchev–Trinajstić information content (AvgIpc) is 1.96. The average molecular weight is 150 g/mol. The molecule has 0 aromatic heterocycles. The van der Waals surface area contributed by atoms with E-state index in [-0.39, 0.29) is 5.46 Å². The monoisotopic (exact) mass is 150 g/mol. The van der Waals surface area contributed by atoms with Gasteiger partial charge in [-0.05, 0) is 30.1 Å². The summed E-state index contributed by atoms with van der Waals surface area (Å²) in [4.78, 5) is 0. The zero-order valence-corrected chi connectivity index (χ0v) is 6.52. The minimum atomic E-state index is -0.429. The molecular formula is C8H8BFO. The minimum Gasteiger partial charge on any atom is -0.497 e. The Hall–Kier alpha value is -0.985. The quantitative estimate of drug-likeness (QED) is 0.541. The van der Waals surface area contributed by atoms with E-state index >= 15 is 0 Å². The molecule has 2 radical (unpaired) electrons. The highest BCUT2D eigenvalue weighted by Gasteiger charge is 2.03. The lowest BCUT2D eigenvalue weighted by Gasteiger charge is -2.06. The third-order valence-electron chi connectivity index (χ3n) is 1.46. The second-order valence-corrected chi connectivity index (χ2v) is 2.36. The fourth-order valence-electron chi connectivity index (χ4n) is 0.890. The number of ether oxygens (including phenoxy) is 1. The summed E-state index contributed by atoms with van der Waals surface area (Å²) in [6.45, 7) is 1.78. The molecule has 0 spiro atoms. The summed E-state index contributed by atoms with van der Waals surface area (Å²) in [7, 11) is 6.82. The summed E-state index contributed by atoms with van der Waals surface area (Å²) < 4.78 is 17.7. The van der Waals surface area contributed by atoms with Crippen molar-refractivity contribution < 1.29 is 9.13 Å². The van der Waals surface area contributed by atoms with Crippen LogP contribution in [0.3, 0.4) is 0 Å². The normalized spacial score (nSPS) is 9.73. The van der Waals surface area contributed by atoms with E-state index in [4.69, 9.17) is 12.6 Å². The van der Waals surface area contributed by atoms with E-state index in [2.05, 4.69) is 0 Å². The number of aryl methyl sites for hydroxylation is 1. The van der Waals surface area contributed by atoms with E-state index in [1.54, 1.807) is 13.0 Å². The molecular weight excluding hydrogens is 142 g/mol. The molecule has 0 aliphatic rings. The lowest BCUT2D eigenvalue weighted by molar-refractivity contribution is 0.415. The Bertz CT molecular complexity index is 273. The summed E-state index contributed by atoms with van der Waals surface area (Å²) in [6, 6.07) is 3.07. The maximum absolute atomic E-state index is 12.8. The number of hydrogen-bond donors (Lipinski definition) is 0. The predicted octanol–water partition coefficient (Wildman–Crippen LogP) is 0.937. The van der Waals surface area contributed by atoms with Gasteiger partial charge in [-0.2, -0.15) is 0 Å². The zero-order chi connectivity index (χ0) is 8.43. The molecule has 0 fully saturated rings. The first-order valence-corrected chi connectivity index (χ1v) is 3.24. The maximum atomic E-state index is 12.8. The highest BCUT2D eigenvalue weighted by atomic mass is 19.1. The van der Waals surface area contributed by atoms with Gasteiger partial charge in [0, 0.05) is 0 Å². The number of halogens is 1. The van der Waals surface area contributed by atoms with Crippen LogP contribution in [0.4, 0.5) is 4.39 Å². The van der Waals surface area contributed by atoms with Gasteiger partial charge in [-0.3, -0.25) is 0 Å². The molecule has 1 rings (SSSR count). The van der Waals surface area contributed by atoms with Gasteiger partial charge in [0.15, 0.2) is 0 Å². The maximum Gasteiger partial charge on any atom is 0.123 e. The molecule has 0 amide bonds. The van der Waals surface area contributed by atoms with E-state index in [1.165, 1.54) is 13.2 Å². The zero-order valence-electron chi connectivity index (χ0n) is 6.52. The van der Waals surface area contributed by atoms with Gasteiger partial charge < -0.3 is 4.74 Å². The molecule has 11 heavy (non-hydrogen) atoms. The van der Waals surface area contributed by atoms with Crippen molar-refractivity contribution in [3.63, 3.8) is 0 Å². The van der Waals surface area contributed by atoms with Crippen molar-refractivity contribution in [2.45, 2.75) is 6.92 Å². The number of hydrogen-bond acceptors (Lipinski definition) is 1. The Labute approximate surface area is 66.6 Å². The van der Waals surface area contributed by atoms with Gasteiger partial charge in [0.05, 0.1) is 7.11 Å². The lowest BCUT2D eigenvalue weighted by atomic mass is 9.93. The molecule has 0 N–H and O–H groups in total. The third kappa shape index (κ3) is 1.53. The molecule has 1 nitrogen and oxygen atoms in total. The van der Waals surface area contributed by atoms with Crippen molar-refractivity contribution in [1.29, 1.82) is 0 Å². The number of benzene rings is 1. The molecule has 0 heterocycles. The molecule has 56 valence electrons. The van der Waals surface area contributed by atoms with Crippen LogP contribution in [0, 0.1) is 12.7 Å². The van der Waals surface area contributed by atoms with E-state index in [1.807, 2.05) is 0 Å². The molecule has 1 aromatic carbocycles. The van der Waals surface area contributed by atoms with Gasteiger partial charge in [-0.25, -0.2) is 4.39 Å². The molecule has 0 aliphatic heterocycles. The largest absolute Gasteiger partial charge is 0.497 e. The van der Waals surface area contributed by atoms with Crippen molar-refractivity contribution in [2.75, 3.05) is 7.11 Å². The highest BCUT2D eigenvalue weighted by molar-refractivity contribution is 6.34. The standard InChI is InChI=1S/C8H8BFO/c1-5-3-6(10)8(9)7(4-5)11-2/h3-4H,1-2H3. The molecule has 0 saturated heterocycles. The van der Waals surface area contributed by atoms with Gasteiger partial charge in [0.1, 0.15) is 19.4 Å². The molecule has 0 aliphatic carbocycles. The van der Waals surface area contributed by atoms with Crippen LogP contribution in [0.25, 0.3) is 0 Å². The summed E-state index contributed by atoms with van der Waals surface area (Å²) in [6.07, 6.45) is 0. The van der Waals surface area contributed by atoms with Gasteiger partial charge >= 0.3 is 0 Å². The van der Waals surface area contributed by atoms with Crippen molar-refractivity contribution in [1.82, 2.24) is 0 Å². The number of methoxy groups -OCH3 is 1. The van der Waals surface area contributed by atoms with Crippen LogP contribution < -0.4 is 10.2 Å². The molecule has 1 aromatic rings. The van der Waals surface area contributed by atoms with Crippen molar-refractivity contribution in [3.8, 4) is 5.75 Å². The van der Waals surface area contributed by atoms with Gasteiger partial charge in [-0.1, -0.05) is 0 Å².